The van der Waals surface area contributed by atoms with E-state index in [0.29, 0.717) is 6.04 Å². The second kappa shape index (κ2) is 4.12. The van der Waals surface area contributed by atoms with Crippen LogP contribution < -0.4 is 5.32 Å². The van der Waals surface area contributed by atoms with Crippen LogP contribution in [0.3, 0.4) is 0 Å². The van der Waals surface area contributed by atoms with Crippen LogP contribution in [0, 0.1) is 17.8 Å². The summed E-state index contributed by atoms with van der Waals surface area (Å²) in [5.41, 5.74) is 2.29. The van der Waals surface area contributed by atoms with E-state index in [1.807, 2.05) is 6.20 Å². The number of aromatic nitrogens is 2. The standard InChI is InChI=1S/C16H19N3/c1-10(14-8-11-5-6-12(14)7-11)18-15-4-2-3-13-9-17-19-16(13)15/h2-6,9-12,14,18H,7-8H2,1H3,(H,17,19). The van der Waals surface area contributed by atoms with Crippen LogP contribution in [0.1, 0.15) is 19.8 Å². The van der Waals surface area contributed by atoms with Crippen molar-refractivity contribution in [2.75, 3.05) is 5.32 Å². The maximum atomic E-state index is 4.13. The molecule has 4 rings (SSSR count). The molecule has 2 aliphatic rings. The molecule has 0 spiro atoms. The van der Waals surface area contributed by atoms with Crippen molar-refractivity contribution in [2.45, 2.75) is 25.8 Å². The zero-order valence-corrected chi connectivity index (χ0v) is 11.1. The summed E-state index contributed by atoms with van der Waals surface area (Å²) in [6, 6.07) is 6.83. The van der Waals surface area contributed by atoms with Gasteiger partial charge in [0.1, 0.15) is 0 Å². The summed E-state index contributed by atoms with van der Waals surface area (Å²) in [6.45, 7) is 2.31. The molecule has 0 amide bonds. The summed E-state index contributed by atoms with van der Waals surface area (Å²) < 4.78 is 0. The zero-order chi connectivity index (χ0) is 12.8. The molecule has 1 heterocycles. The molecule has 0 radical (unpaired) electrons. The van der Waals surface area contributed by atoms with E-state index in [9.17, 15) is 0 Å². The number of rotatable bonds is 3. The van der Waals surface area contributed by atoms with Gasteiger partial charge in [-0.1, -0.05) is 24.3 Å². The second-order valence-electron chi connectivity index (χ2n) is 6.02. The number of anilines is 1. The number of aromatic amines is 1. The fourth-order valence-electron chi connectivity index (χ4n) is 3.84. The Morgan fingerprint density at radius 2 is 2.26 bits per heavy atom. The van der Waals surface area contributed by atoms with E-state index in [1.54, 1.807) is 0 Å². The highest BCUT2D eigenvalue weighted by atomic mass is 15.1. The SMILES string of the molecule is CC(Nc1cccc2cn[nH]c12)C1CC2C=CC1C2. The third-order valence-electron chi connectivity index (χ3n) is 4.83. The maximum Gasteiger partial charge on any atom is 0.0881 e. The molecule has 2 aromatic rings. The highest BCUT2D eigenvalue weighted by molar-refractivity contribution is 5.90. The Labute approximate surface area is 113 Å². The van der Waals surface area contributed by atoms with Gasteiger partial charge in [0.25, 0.3) is 0 Å². The lowest BCUT2D eigenvalue weighted by Gasteiger charge is -2.27. The van der Waals surface area contributed by atoms with Crippen LogP contribution in [0.15, 0.2) is 36.5 Å². The first-order valence-electron chi connectivity index (χ1n) is 7.18. The second-order valence-corrected chi connectivity index (χ2v) is 6.02. The van der Waals surface area contributed by atoms with Crippen molar-refractivity contribution in [1.82, 2.24) is 10.2 Å². The lowest BCUT2D eigenvalue weighted by molar-refractivity contribution is 0.400. The lowest BCUT2D eigenvalue weighted by Crippen LogP contribution is -2.28. The first kappa shape index (κ1) is 11.1. The van der Waals surface area contributed by atoms with Gasteiger partial charge in [-0.25, -0.2) is 0 Å². The van der Waals surface area contributed by atoms with Gasteiger partial charge >= 0.3 is 0 Å². The Morgan fingerprint density at radius 1 is 1.32 bits per heavy atom. The van der Waals surface area contributed by atoms with Crippen molar-refractivity contribution >= 4 is 16.6 Å². The van der Waals surface area contributed by atoms with Gasteiger partial charge in [-0.3, -0.25) is 5.10 Å². The summed E-state index contributed by atoms with van der Waals surface area (Å²) in [6.07, 6.45) is 9.42. The number of benzene rings is 1. The predicted octanol–water partition coefficient (Wildman–Crippen LogP) is 3.58. The van der Waals surface area contributed by atoms with Crippen molar-refractivity contribution in [1.29, 1.82) is 0 Å². The summed E-state index contributed by atoms with van der Waals surface area (Å²) >= 11 is 0. The normalized spacial score (nSPS) is 30.1. The van der Waals surface area contributed by atoms with E-state index in [0.717, 1.165) is 23.3 Å². The van der Waals surface area contributed by atoms with E-state index in [-0.39, 0.29) is 0 Å². The van der Waals surface area contributed by atoms with E-state index >= 15 is 0 Å². The Bertz CT molecular complexity index is 628. The third kappa shape index (κ3) is 1.76. The third-order valence-corrected chi connectivity index (χ3v) is 4.83. The van der Waals surface area contributed by atoms with Gasteiger partial charge in [-0.15, -0.1) is 0 Å². The van der Waals surface area contributed by atoms with E-state index in [2.05, 4.69) is 52.8 Å². The molecule has 1 saturated carbocycles. The Hall–Kier alpha value is -1.77. The smallest absolute Gasteiger partial charge is 0.0881 e. The van der Waals surface area contributed by atoms with Crippen LogP contribution in [0.25, 0.3) is 10.9 Å². The number of allylic oxidation sites excluding steroid dienone is 2. The average Bonchev–Trinajstić information content (AvgIpc) is 3.14. The summed E-state index contributed by atoms with van der Waals surface area (Å²) in [4.78, 5) is 0. The maximum absolute atomic E-state index is 4.13. The van der Waals surface area contributed by atoms with Crippen LogP contribution in [0.5, 0.6) is 0 Å². The van der Waals surface area contributed by atoms with Crippen LogP contribution >= 0.6 is 0 Å². The van der Waals surface area contributed by atoms with E-state index in [1.165, 1.54) is 23.9 Å². The topological polar surface area (TPSA) is 40.7 Å². The van der Waals surface area contributed by atoms with Crippen molar-refractivity contribution < 1.29 is 0 Å². The average molecular weight is 253 g/mol. The van der Waals surface area contributed by atoms with Crippen molar-refractivity contribution in [2.24, 2.45) is 17.8 Å². The van der Waals surface area contributed by atoms with E-state index in [4.69, 9.17) is 0 Å². The van der Waals surface area contributed by atoms with Crippen LogP contribution in [-0.4, -0.2) is 16.2 Å². The zero-order valence-electron chi connectivity index (χ0n) is 11.1. The minimum Gasteiger partial charge on any atom is -0.381 e. The van der Waals surface area contributed by atoms with Crippen molar-refractivity contribution in [3.05, 3.63) is 36.5 Å². The molecule has 2 N–H and O–H groups in total. The molecule has 1 aromatic heterocycles. The Balaban J connectivity index is 1.58. The fourth-order valence-corrected chi connectivity index (χ4v) is 3.84. The number of hydrogen-bond acceptors (Lipinski definition) is 2. The molecule has 4 unspecified atom stereocenters. The lowest BCUT2D eigenvalue weighted by atomic mass is 9.87. The minimum atomic E-state index is 0.508. The molecule has 3 nitrogen and oxygen atoms in total. The highest BCUT2D eigenvalue weighted by Gasteiger charge is 2.38. The molecule has 3 heteroatoms. The molecule has 2 bridgehead atoms. The van der Waals surface area contributed by atoms with Gasteiger partial charge < -0.3 is 5.32 Å². The molecular formula is C16H19N3. The molecule has 19 heavy (non-hydrogen) atoms. The highest BCUT2D eigenvalue weighted by Crippen LogP contribution is 2.45. The van der Waals surface area contributed by atoms with Crippen LogP contribution in [-0.2, 0) is 0 Å². The predicted molar refractivity (Wildman–Crippen MR) is 78.0 cm³/mol. The molecule has 2 aliphatic carbocycles. The monoisotopic (exact) mass is 253 g/mol. The molecule has 1 fully saturated rings. The van der Waals surface area contributed by atoms with Gasteiger partial charge in [0.2, 0.25) is 0 Å². The van der Waals surface area contributed by atoms with Gasteiger partial charge in [-0.05, 0) is 43.6 Å². The number of H-pyrrole nitrogens is 1. The molecular weight excluding hydrogens is 234 g/mol. The van der Waals surface area contributed by atoms with Crippen LogP contribution in [0.4, 0.5) is 5.69 Å². The van der Waals surface area contributed by atoms with Crippen molar-refractivity contribution in [3.8, 4) is 0 Å². The Morgan fingerprint density at radius 3 is 3.05 bits per heavy atom. The van der Waals surface area contributed by atoms with Crippen LogP contribution in [0.2, 0.25) is 0 Å². The van der Waals surface area contributed by atoms with Gasteiger partial charge in [-0.2, -0.15) is 5.10 Å². The first-order chi connectivity index (χ1) is 9.31. The fraction of sp³-hybridized carbons (Fsp3) is 0.438. The van der Waals surface area contributed by atoms with Crippen molar-refractivity contribution in [3.63, 3.8) is 0 Å². The molecule has 4 atom stereocenters. The minimum absolute atomic E-state index is 0.508. The quantitative estimate of drug-likeness (QED) is 0.821. The molecule has 0 saturated heterocycles. The summed E-state index contributed by atoms with van der Waals surface area (Å²) in [5, 5.41) is 12.1. The summed E-state index contributed by atoms with van der Waals surface area (Å²) in [5.74, 6) is 2.39. The molecule has 98 valence electrons. The molecule has 0 aliphatic heterocycles. The Kier molecular flexibility index (Phi) is 2.40. The number of fused-ring (bicyclic) bond motifs is 3. The number of para-hydroxylation sites is 1. The van der Waals surface area contributed by atoms with Gasteiger partial charge in [0, 0.05) is 11.4 Å². The largest absolute Gasteiger partial charge is 0.381 e. The van der Waals surface area contributed by atoms with E-state index < -0.39 is 0 Å². The number of hydrogen-bond donors (Lipinski definition) is 2. The molecule has 1 aromatic carbocycles. The van der Waals surface area contributed by atoms with Gasteiger partial charge in [0.15, 0.2) is 0 Å². The number of nitrogens with zero attached hydrogens (tertiary/aromatic N) is 1. The number of nitrogens with one attached hydrogen (secondary N) is 2. The first-order valence-corrected chi connectivity index (χ1v) is 7.18. The van der Waals surface area contributed by atoms with Gasteiger partial charge in [0.05, 0.1) is 17.4 Å². The summed E-state index contributed by atoms with van der Waals surface area (Å²) in [7, 11) is 0.